The maximum atomic E-state index is 12.5. The third kappa shape index (κ3) is 3.71. The lowest BCUT2D eigenvalue weighted by atomic mass is 10.2. The molecule has 0 unspecified atom stereocenters. The van der Waals surface area contributed by atoms with Crippen molar-refractivity contribution in [2.24, 2.45) is 5.73 Å². The molecule has 0 saturated carbocycles. The molecule has 112 valence electrons. The molecule has 0 spiro atoms. The van der Waals surface area contributed by atoms with E-state index < -0.39 is 10.0 Å². The fourth-order valence-electron chi connectivity index (χ4n) is 1.81. The van der Waals surface area contributed by atoms with Crippen molar-refractivity contribution in [3.63, 3.8) is 0 Å². The fourth-order valence-corrected chi connectivity index (χ4v) is 4.06. The quantitative estimate of drug-likeness (QED) is 0.817. The SMILES string of the molecule is CSc1ccccc1NS(=O)(=O)c1cc(CN)ccc1Cl. The summed E-state index contributed by atoms with van der Waals surface area (Å²) in [4.78, 5) is 0.871. The minimum Gasteiger partial charge on any atom is -0.326 e. The van der Waals surface area contributed by atoms with Crippen molar-refractivity contribution in [1.29, 1.82) is 0 Å². The third-order valence-electron chi connectivity index (χ3n) is 2.87. The maximum absolute atomic E-state index is 12.5. The number of para-hydroxylation sites is 1. The zero-order chi connectivity index (χ0) is 15.5. The number of sulfonamides is 1. The summed E-state index contributed by atoms with van der Waals surface area (Å²) in [6.07, 6.45) is 1.88. The van der Waals surface area contributed by atoms with Crippen LogP contribution in [0.15, 0.2) is 52.3 Å². The molecule has 0 aliphatic carbocycles. The van der Waals surface area contributed by atoms with Crippen molar-refractivity contribution in [3.8, 4) is 0 Å². The van der Waals surface area contributed by atoms with Gasteiger partial charge in [0.25, 0.3) is 10.0 Å². The summed E-state index contributed by atoms with van der Waals surface area (Å²) in [5, 5.41) is 0.168. The van der Waals surface area contributed by atoms with E-state index in [2.05, 4.69) is 4.72 Å². The van der Waals surface area contributed by atoms with E-state index in [0.29, 0.717) is 11.3 Å². The summed E-state index contributed by atoms with van der Waals surface area (Å²) in [7, 11) is -3.76. The van der Waals surface area contributed by atoms with Crippen LogP contribution < -0.4 is 10.5 Å². The van der Waals surface area contributed by atoms with Gasteiger partial charge in [-0.2, -0.15) is 0 Å². The predicted octanol–water partition coefficient (Wildman–Crippen LogP) is 3.32. The summed E-state index contributed by atoms with van der Waals surface area (Å²) < 4.78 is 27.6. The Morgan fingerprint density at radius 3 is 2.62 bits per heavy atom. The molecule has 0 saturated heterocycles. The van der Waals surface area contributed by atoms with Crippen LogP contribution in [0.4, 0.5) is 5.69 Å². The molecule has 0 radical (unpaired) electrons. The van der Waals surface area contributed by atoms with E-state index >= 15 is 0 Å². The van der Waals surface area contributed by atoms with Crippen LogP contribution in [0.2, 0.25) is 5.02 Å². The Morgan fingerprint density at radius 1 is 1.24 bits per heavy atom. The average Bonchev–Trinajstić information content (AvgIpc) is 2.47. The Bertz CT molecular complexity index is 748. The standard InChI is InChI=1S/C14H15ClN2O2S2/c1-20-13-5-3-2-4-12(13)17-21(18,19)14-8-10(9-16)6-7-11(14)15/h2-8,17H,9,16H2,1H3. The summed E-state index contributed by atoms with van der Waals surface area (Å²) in [6.45, 7) is 0.251. The van der Waals surface area contributed by atoms with Crippen molar-refractivity contribution in [2.75, 3.05) is 11.0 Å². The zero-order valence-electron chi connectivity index (χ0n) is 11.3. The molecular formula is C14H15ClN2O2S2. The zero-order valence-corrected chi connectivity index (χ0v) is 13.7. The molecule has 0 aliphatic heterocycles. The second kappa shape index (κ2) is 6.70. The van der Waals surface area contributed by atoms with Gasteiger partial charge in [-0.05, 0) is 36.1 Å². The van der Waals surface area contributed by atoms with Gasteiger partial charge in [-0.1, -0.05) is 29.8 Å². The molecule has 7 heteroatoms. The lowest BCUT2D eigenvalue weighted by Gasteiger charge is -2.13. The van der Waals surface area contributed by atoms with Crippen molar-refractivity contribution < 1.29 is 8.42 Å². The van der Waals surface area contributed by atoms with Gasteiger partial charge < -0.3 is 5.73 Å². The molecule has 2 aromatic carbocycles. The molecular weight excluding hydrogens is 328 g/mol. The number of hydrogen-bond acceptors (Lipinski definition) is 4. The summed E-state index contributed by atoms with van der Waals surface area (Å²) >= 11 is 7.48. The Labute approximate surface area is 133 Å². The van der Waals surface area contributed by atoms with E-state index in [1.54, 1.807) is 24.3 Å². The van der Waals surface area contributed by atoms with Gasteiger partial charge in [0.15, 0.2) is 0 Å². The number of hydrogen-bond donors (Lipinski definition) is 2. The van der Waals surface area contributed by atoms with Gasteiger partial charge in [-0.25, -0.2) is 8.42 Å². The van der Waals surface area contributed by atoms with Crippen LogP contribution in [0.3, 0.4) is 0 Å². The smallest absolute Gasteiger partial charge is 0.263 e. The Hall–Kier alpha value is -1.21. The lowest BCUT2D eigenvalue weighted by Crippen LogP contribution is -2.14. The summed E-state index contributed by atoms with van der Waals surface area (Å²) in [5.41, 5.74) is 6.78. The van der Waals surface area contributed by atoms with Crippen LogP contribution in [0, 0.1) is 0 Å². The van der Waals surface area contributed by atoms with Crippen LogP contribution in [0.5, 0.6) is 0 Å². The normalized spacial score (nSPS) is 11.4. The molecule has 21 heavy (non-hydrogen) atoms. The molecule has 0 atom stereocenters. The highest BCUT2D eigenvalue weighted by Crippen LogP contribution is 2.29. The van der Waals surface area contributed by atoms with Gasteiger partial charge >= 0.3 is 0 Å². The number of anilines is 1. The van der Waals surface area contributed by atoms with Gasteiger partial charge in [-0.15, -0.1) is 11.8 Å². The Balaban J connectivity index is 2.43. The minimum atomic E-state index is -3.76. The van der Waals surface area contributed by atoms with Crippen molar-refractivity contribution >= 4 is 39.1 Å². The largest absolute Gasteiger partial charge is 0.326 e. The van der Waals surface area contributed by atoms with Crippen LogP contribution in [0.1, 0.15) is 5.56 Å². The maximum Gasteiger partial charge on any atom is 0.263 e. The van der Waals surface area contributed by atoms with E-state index in [9.17, 15) is 8.42 Å². The van der Waals surface area contributed by atoms with Gasteiger partial charge in [0, 0.05) is 11.4 Å². The summed E-state index contributed by atoms with van der Waals surface area (Å²) in [5.74, 6) is 0. The molecule has 0 bridgehead atoms. The first-order valence-electron chi connectivity index (χ1n) is 6.12. The first-order chi connectivity index (χ1) is 9.97. The molecule has 0 fully saturated rings. The van der Waals surface area contributed by atoms with E-state index in [0.717, 1.165) is 4.90 Å². The number of nitrogens with two attached hydrogens (primary N) is 1. The van der Waals surface area contributed by atoms with Crippen molar-refractivity contribution in [3.05, 3.63) is 53.1 Å². The van der Waals surface area contributed by atoms with Gasteiger partial charge in [0.1, 0.15) is 4.90 Å². The molecule has 3 N–H and O–H groups in total. The topological polar surface area (TPSA) is 72.2 Å². The molecule has 2 rings (SSSR count). The number of thioether (sulfide) groups is 1. The highest BCUT2D eigenvalue weighted by molar-refractivity contribution is 7.99. The van der Waals surface area contributed by atoms with Crippen LogP contribution in [-0.4, -0.2) is 14.7 Å². The van der Waals surface area contributed by atoms with E-state index in [1.807, 2.05) is 18.4 Å². The second-order valence-corrected chi connectivity index (χ2v) is 7.18. The predicted molar refractivity (Wildman–Crippen MR) is 88.4 cm³/mol. The van der Waals surface area contributed by atoms with Crippen molar-refractivity contribution in [2.45, 2.75) is 16.3 Å². The summed E-state index contributed by atoms with van der Waals surface area (Å²) in [6, 6.07) is 11.9. The van der Waals surface area contributed by atoms with Crippen LogP contribution >= 0.6 is 23.4 Å². The Kier molecular flexibility index (Phi) is 5.16. The van der Waals surface area contributed by atoms with E-state index in [4.69, 9.17) is 17.3 Å². The van der Waals surface area contributed by atoms with E-state index in [1.165, 1.54) is 17.8 Å². The molecule has 2 aromatic rings. The first kappa shape index (κ1) is 16.2. The third-order valence-corrected chi connectivity index (χ3v) is 5.52. The number of nitrogens with one attached hydrogen (secondary N) is 1. The van der Waals surface area contributed by atoms with Gasteiger partial charge in [0.05, 0.1) is 10.7 Å². The lowest BCUT2D eigenvalue weighted by molar-refractivity contribution is 0.601. The molecule has 4 nitrogen and oxygen atoms in total. The van der Waals surface area contributed by atoms with Crippen LogP contribution in [0.25, 0.3) is 0 Å². The van der Waals surface area contributed by atoms with Crippen LogP contribution in [-0.2, 0) is 16.6 Å². The highest BCUT2D eigenvalue weighted by atomic mass is 35.5. The van der Waals surface area contributed by atoms with Crippen molar-refractivity contribution in [1.82, 2.24) is 0 Å². The first-order valence-corrected chi connectivity index (χ1v) is 9.21. The second-order valence-electron chi connectivity index (χ2n) is 4.27. The number of halogens is 1. The minimum absolute atomic E-state index is 0.0306. The van der Waals surface area contributed by atoms with Gasteiger partial charge in [0.2, 0.25) is 0 Å². The molecule has 0 heterocycles. The monoisotopic (exact) mass is 342 g/mol. The number of rotatable bonds is 5. The number of benzene rings is 2. The van der Waals surface area contributed by atoms with Gasteiger partial charge in [-0.3, -0.25) is 4.72 Å². The Morgan fingerprint density at radius 2 is 1.95 bits per heavy atom. The van der Waals surface area contributed by atoms with E-state index in [-0.39, 0.29) is 16.5 Å². The average molecular weight is 343 g/mol. The molecule has 0 aliphatic rings. The fraction of sp³-hybridized carbons (Fsp3) is 0.143. The highest BCUT2D eigenvalue weighted by Gasteiger charge is 2.19. The molecule has 0 aromatic heterocycles. The molecule has 0 amide bonds.